The second kappa shape index (κ2) is 5.03. The van der Waals surface area contributed by atoms with E-state index in [9.17, 15) is 13.2 Å². The second-order valence-electron chi connectivity index (χ2n) is 4.90. The first-order valence-corrected chi connectivity index (χ1v) is 8.06. The molecule has 106 valence electrons. The number of hydrogen-bond acceptors (Lipinski definition) is 4. The number of rotatable bonds is 2. The van der Waals surface area contributed by atoms with Crippen LogP contribution in [0.3, 0.4) is 0 Å². The highest BCUT2D eigenvalue weighted by atomic mass is 32.2. The van der Waals surface area contributed by atoms with Crippen molar-refractivity contribution in [3.05, 3.63) is 40.8 Å². The lowest BCUT2D eigenvalue weighted by atomic mass is 10.2. The number of para-hydroxylation sites is 1. The van der Waals surface area contributed by atoms with Crippen molar-refractivity contribution in [1.29, 1.82) is 0 Å². The Morgan fingerprint density at radius 2 is 1.75 bits per heavy atom. The van der Waals surface area contributed by atoms with Gasteiger partial charge < -0.3 is 4.42 Å². The summed E-state index contributed by atoms with van der Waals surface area (Å²) in [6.45, 7) is 0.934. The summed E-state index contributed by atoms with van der Waals surface area (Å²) in [4.78, 5) is 11.7. The minimum atomic E-state index is -3.76. The summed E-state index contributed by atoms with van der Waals surface area (Å²) in [5.74, 6) is 0. The summed E-state index contributed by atoms with van der Waals surface area (Å²) in [5, 5.41) is 0.614. The van der Waals surface area contributed by atoms with Crippen LogP contribution in [0, 0.1) is 0 Å². The molecular formula is C14H15NO4S. The van der Waals surface area contributed by atoms with Gasteiger partial charge in [0.15, 0.2) is 4.90 Å². The average Bonchev–Trinajstić information content (AvgIpc) is 2.47. The summed E-state index contributed by atoms with van der Waals surface area (Å²) in [6.07, 6.45) is 2.69. The zero-order valence-corrected chi connectivity index (χ0v) is 11.7. The van der Waals surface area contributed by atoms with E-state index >= 15 is 0 Å². The Labute approximate surface area is 116 Å². The van der Waals surface area contributed by atoms with Gasteiger partial charge in [0, 0.05) is 18.5 Å². The van der Waals surface area contributed by atoms with E-state index in [2.05, 4.69) is 0 Å². The van der Waals surface area contributed by atoms with Gasteiger partial charge in [-0.2, -0.15) is 4.31 Å². The monoisotopic (exact) mass is 293 g/mol. The summed E-state index contributed by atoms with van der Waals surface area (Å²) >= 11 is 0. The first-order valence-electron chi connectivity index (χ1n) is 6.62. The zero-order chi connectivity index (χ0) is 14.2. The van der Waals surface area contributed by atoms with Gasteiger partial charge in [0.25, 0.3) is 0 Å². The topological polar surface area (TPSA) is 67.6 Å². The zero-order valence-electron chi connectivity index (χ0n) is 10.9. The first-order chi connectivity index (χ1) is 9.59. The van der Waals surface area contributed by atoms with Gasteiger partial charge in [0.05, 0.1) is 0 Å². The Bertz CT molecular complexity index is 788. The molecule has 0 N–H and O–H groups in total. The maximum absolute atomic E-state index is 12.5. The van der Waals surface area contributed by atoms with Crippen molar-refractivity contribution in [3.63, 3.8) is 0 Å². The maximum Gasteiger partial charge on any atom is 0.356 e. The Hall–Kier alpha value is -1.66. The van der Waals surface area contributed by atoms with Gasteiger partial charge in [0.1, 0.15) is 5.58 Å². The Kier molecular flexibility index (Phi) is 3.35. The van der Waals surface area contributed by atoms with Crippen LogP contribution in [-0.4, -0.2) is 25.8 Å². The Balaban J connectivity index is 2.13. The molecule has 2 heterocycles. The van der Waals surface area contributed by atoms with Crippen LogP contribution < -0.4 is 5.63 Å². The highest BCUT2D eigenvalue weighted by Crippen LogP contribution is 2.21. The maximum atomic E-state index is 12.5. The van der Waals surface area contributed by atoms with Gasteiger partial charge in [-0.25, -0.2) is 13.2 Å². The van der Waals surface area contributed by atoms with E-state index in [4.69, 9.17) is 4.42 Å². The number of hydrogen-bond donors (Lipinski definition) is 0. The fourth-order valence-corrected chi connectivity index (χ4v) is 4.01. The predicted molar refractivity (Wildman–Crippen MR) is 75.1 cm³/mol. The van der Waals surface area contributed by atoms with Crippen molar-refractivity contribution in [2.75, 3.05) is 13.1 Å². The van der Waals surface area contributed by atoms with Gasteiger partial charge in [-0.05, 0) is 25.0 Å². The third kappa shape index (κ3) is 2.25. The fraction of sp³-hybridized carbons (Fsp3) is 0.357. The molecule has 0 saturated carbocycles. The van der Waals surface area contributed by atoms with Crippen LogP contribution >= 0.6 is 0 Å². The molecule has 6 heteroatoms. The first kappa shape index (κ1) is 13.3. The SMILES string of the molecule is O=c1oc2ccccc2cc1S(=O)(=O)N1CCCCC1. The van der Waals surface area contributed by atoms with E-state index in [0.29, 0.717) is 24.1 Å². The Morgan fingerprint density at radius 1 is 1.05 bits per heavy atom. The van der Waals surface area contributed by atoms with Crippen LogP contribution in [0.15, 0.2) is 44.4 Å². The molecule has 1 saturated heterocycles. The van der Waals surface area contributed by atoms with Crippen molar-refractivity contribution in [1.82, 2.24) is 4.31 Å². The van der Waals surface area contributed by atoms with E-state index in [-0.39, 0.29) is 4.90 Å². The van der Waals surface area contributed by atoms with Crippen LogP contribution in [0.1, 0.15) is 19.3 Å². The molecule has 1 aliphatic heterocycles. The van der Waals surface area contributed by atoms with Crippen molar-refractivity contribution in [2.45, 2.75) is 24.2 Å². The molecular weight excluding hydrogens is 278 g/mol. The lowest BCUT2D eigenvalue weighted by Gasteiger charge is -2.25. The standard InChI is InChI=1S/C14H15NO4S/c16-14-13(10-11-6-2-3-7-12(11)19-14)20(17,18)15-8-4-1-5-9-15/h2-3,6-7,10H,1,4-5,8-9H2. The number of sulfonamides is 1. The number of piperidine rings is 1. The molecule has 20 heavy (non-hydrogen) atoms. The smallest absolute Gasteiger partial charge is 0.356 e. The van der Waals surface area contributed by atoms with Crippen LogP contribution in [0.25, 0.3) is 11.0 Å². The minimum absolute atomic E-state index is 0.266. The fourth-order valence-electron chi connectivity index (χ4n) is 2.47. The molecule has 0 spiro atoms. The van der Waals surface area contributed by atoms with Gasteiger partial charge in [-0.3, -0.25) is 0 Å². The van der Waals surface area contributed by atoms with Gasteiger partial charge >= 0.3 is 5.63 Å². The molecule has 0 radical (unpaired) electrons. The van der Waals surface area contributed by atoms with Gasteiger partial charge in [0.2, 0.25) is 10.0 Å². The summed E-state index contributed by atoms with van der Waals surface area (Å²) in [7, 11) is -3.76. The molecule has 3 rings (SSSR count). The molecule has 0 amide bonds. The minimum Gasteiger partial charge on any atom is -0.422 e. The molecule has 5 nitrogen and oxygen atoms in total. The van der Waals surface area contributed by atoms with Crippen molar-refractivity contribution >= 4 is 21.0 Å². The molecule has 1 aliphatic rings. The van der Waals surface area contributed by atoms with Crippen LogP contribution in [0.5, 0.6) is 0 Å². The lowest BCUT2D eigenvalue weighted by molar-refractivity contribution is 0.345. The largest absolute Gasteiger partial charge is 0.422 e. The van der Waals surface area contributed by atoms with Crippen LogP contribution in [0.2, 0.25) is 0 Å². The third-order valence-electron chi connectivity index (χ3n) is 3.54. The molecule has 1 aromatic heterocycles. The predicted octanol–water partition coefficient (Wildman–Crippen LogP) is 1.97. The molecule has 0 bridgehead atoms. The van der Waals surface area contributed by atoms with E-state index in [1.807, 2.05) is 0 Å². The second-order valence-corrected chi connectivity index (χ2v) is 6.81. The van der Waals surface area contributed by atoms with E-state index in [1.54, 1.807) is 24.3 Å². The summed E-state index contributed by atoms with van der Waals surface area (Å²) < 4.78 is 31.5. The normalized spacial score (nSPS) is 17.4. The molecule has 0 atom stereocenters. The van der Waals surface area contributed by atoms with Crippen molar-refractivity contribution < 1.29 is 12.8 Å². The molecule has 2 aromatic rings. The van der Waals surface area contributed by atoms with Crippen LogP contribution in [0.4, 0.5) is 0 Å². The highest BCUT2D eigenvalue weighted by Gasteiger charge is 2.29. The number of nitrogens with zero attached hydrogens (tertiary/aromatic N) is 1. The van der Waals surface area contributed by atoms with Crippen molar-refractivity contribution in [3.8, 4) is 0 Å². The molecule has 0 aliphatic carbocycles. The summed E-state index contributed by atoms with van der Waals surface area (Å²) in [6, 6.07) is 8.30. The quantitative estimate of drug-likeness (QED) is 0.794. The van der Waals surface area contributed by atoms with Gasteiger partial charge in [-0.1, -0.05) is 24.6 Å². The molecule has 1 aromatic carbocycles. The average molecular weight is 293 g/mol. The van der Waals surface area contributed by atoms with E-state index in [0.717, 1.165) is 19.3 Å². The van der Waals surface area contributed by atoms with E-state index in [1.165, 1.54) is 10.4 Å². The highest BCUT2D eigenvalue weighted by molar-refractivity contribution is 7.89. The number of benzene rings is 1. The molecule has 1 fully saturated rings. The lowest BCUT2D eigenvalue weighted by Crippen LogP contribution is -2.37. The van der Waals surface area contributed by atoms with Gasteiger partial charge in [-0.15, -0.1) is 0 Å². The number of fused-ring (bicyclic) bond motifs is 1. The van der Waals surface area contributed by atoms with E-state index < -0.39 is 15.6 Å². The Morgan fingerprint density at radius 3 is 2.50 bits per heavy atom. The summed E-state index contributed by atoms with van der Waals surface area (Å²) in [5.41, 5.74) is -0.399. The molecule has 0 unspecified atom stereocenters. The van der Waals surface area contributed by atoms with Crippen LogP contribution in [-0.2, 0) is 10.0 Å². The third-order valence-corrected chi connectivity index (χ3v) is 5.43. The van der Waals surface area contributed by atoms with Crippen molar-refractivity contribution in [2.24, 2.45) is 0 Å².